The van der Waals surface area contributed by atoms with Crippen LogP contribution in [0.5, 0.6) is 5.75 Å². The molecule has 5 atom stereocenters. The van der Waals surface area contributed by atoms with Gasteiger partial charge in [0.15, 0.2) is 0 Å². The monoisotopic (exact) mass is 623 g/mol. The molecule has 0 aliphatic carbocycles. The van der Waals surface area contributed by atoms with Crippen LogP contribution in [-0.2, 0) is 14.4 Å². The molecule has 0 bridgehead atoms. The minimum absolute atomic E-state index is 0.0120. The molecule has 1 spiro atoms. The summed E-state index contributed by atoms with van der Waals surface area (Å²) in [6, 6.07) is 20.8. The number of carbonyl (C=O) groups is 3. The summed E-state index contributed by atoms with van der Waals surface area (Å²) < 4.78 is 4.71. The van der Waals surface area contributed by atoms with Crippen molar-refractivity contribution in [3.8, 4) is 5.75 Å². The molecular weight excluding hydrogens is 586 g/mol. The van der Waals surface area contributed by atoms with E-state index in [4.69, 9.17) is 4.74 Å². The molecule has 8 nitrogen and oxygen atoms in total. The first-order valence-corrected chi connectivity index (χ1v) is 16.6. The van der Waals surface area contributed by atoms with Gasteiger partial charge in [-0.15, -0.1) is 11.8 Å². The van der Waals surface area contributed by atoms with Crippen LogP contribution in [0.3, 0.4) is 0 Å². The molecule has 1 N–H and O–H groups in total. The molecule has 45 heavy (non-hydrogen) atoms. The van der Waals surface area contributed by atoms with Crippen LogP contribution in [0.15, 0.2) is 91.0 Å². The summed E-state index contributed by atoms with van der Waals surface area (Å²) >= 11 is 1.58. The van der Waals surface area contributed by atoms with Gasteiger partial charge in [0.25, 0.3) is 5.91 Å². The molecule has 3 aromatic rings. The third-order valence-corrected chi connectivity index (χ3v) is 11.2. The zero-order valence-corrected chi connectivity index (χ0v) is 26.1. The van der Waals surface area contributed by atoms with Gasteiger partial charge in [-0.2, -0.15) is 0 Å². The number of unbranched alkanes of at least 4 members (excludes halogenated alkanes) is 1. The van der Waals surface area contributed by atoms with E-state index in [0.717, 1.165) is 27.9 Å². The number of rotatable bonds is 8. The Morgan fingerprint density at radius 1 is 0.867 bits per heavy atom. The summed E-state index contributed by atoms with van der Waals surface area (Å²) in [5.41, 5.74) is 1.53. The minimum atomic E-state index is -0.893. The van der Waals surface area contributed by atoms with E-state index in [0.29, 0.717) is 39.1 Å². The number of fused-ring (bicyclic) bond motifs is 3. The quantitative estimate of drug-likeness (QED) is 0.286. The lowest BCUT2D eigenvalue weighted by Crippen LogP contribution is -2.53. The second-order valence-corrected chi connectivity index (χ2v) is 13.5. The van der Waals surface area contributed by atoms with Crippen LogP contribution in [0.2, 0.25) is 0 Å². The molecule has 1 unspecified atom stereocenters. The van der Waals surface area contributed by atoms with Gasteiger partial charge in [-0.3, -0.25) is 14.4 Å². The number of thioether (sulfide) groups is 1. The summed E-state index contributed by atoms with van der Waals surface area (Å²) in [6.07, 6.45) is 9.21. The average Bonchev–Trinajstić information content (AvgIpc) is 3.36. The SMILES string of the molecule is CCOc1ccc(N2CC=C[C@@H]3S[C@]45C=CCN(c6ccc7ccccc7c6)C(=O)C4N(CCCCO)C(=O)[C@@H]5[C@@H]3C2=O)cc1. The Kier molecular flexibility index (Phi) is 7.91. The van der Waals surface area contributed by atoms with Crippen molar-refractivity contribution in [2.45, 2.75) is 35.8 Å². The molecule has 4 heterocycles. The van der Waals surface area contributed by atoms with Crippen molar-refractivity contribution in [1.82, 2.24) is 4.90 Å². The van der Waals surface area contributed by atoms with Crippen molar-refractivity contribution in [2.75, 3.05) is 42.6 Å². The van der Waals surface area contributed by atoms with Crippen molar-refractivity contribution in [1.29, 1.82) is 0 Å². The topological polar surface area (TPSA) is 90.4 Å². The van der Waals surface area contributed by atoms with Crippen molar-refractivity contribution in [3.05, 3.63) is 91.0 Å². The highest BCUT2D eigenvalue weighted by molar-refractivity contribution is 8.02. The molecule has 4 aliphatic rings. The largest absolute Gasteiger partial charge is 0.494 e. The molecule has 9 heteroatoms. The predicted molar refractivity (Wildman–Crippen MR) is 177 cm³/mol. The van der Waals surface area contributed by atoms with Crippen molar-refractivity contribution in [3.63, 3.8) is 0 Å². The number of hydrogen-bond donors (Lipinski definition) is 1. The number of aliphatic hydroxyl groups excluding tert-OH is 1. The number of benzene rings is 3. The van der Waals surface area contributed by atoms with Crippen LogP contribution in [-0.4, -0.2) is 76.6 Å². The maximum Gasteiger partial charge on any atom is 0.251 e. The Morgan fingerprint density at radius 3 is 2.38 bits per heavy atom. The molecular formula is C36H37N3O5S. The van der Waals surface area contributed by atoms with Crippen molar-refractivity contribution < 1.29 is 24.2 Å². The number of amides is 3. The summed E-state index contributed by atoms with van der Waals surface area (Å²) in [6.45, 7) is 3.62. The van der Waals surface area contributed by atoms with E-state index in [-0.39, 0.29) is 29.6 Å². The lowest BCUT2D eigenvalue weighted by atomic mass is 9.78. The van der Waals surface area contributed by atoms with Crippen LogP contribution >= 0.6 is 11.8 Å². The fourth-order valence-electron chi connectivity index (χ4n) is 7.47. The molecule has 0 aromatic heterocycles. The number of hydrogen-bond acceptors (Lipinski definition) is 6. The second kappa shape index (κ2) is 12.0. The number of aliphatic hydroxyl groups is 1. The number of nitrogens with zero attached hydrogens (tertiary/aromatic N) is 3. The number of ether oxygens (including phenoxy) is 1. The minimum Gasteiger partial charge on any atom is -0.494 e. The Hall–Kier alpha value is -4.08. The molecule has 3 aromatic carbocycles. The zero-order chi connectivity index (χ0) is 31.1. The van der Waals surface area contributed by atoms with Gasteiger partial charge in [0.2, 0.25) is 11.8 Å². The standard InChI is InChI=1S/C36H37N3O5S/c1-2-44-28-16-14-26(15-17-28)37-20-7-11-29-30(33(37)41)31-34(42)39(19-5-6-22-40)32-35(43)38(21-8-18-36(31,32)45-29)27-13-12-24-9-3-4-10-25(24)23-27/h3-4,7-18,23,29-32,40H,2,5-6,19-22H2,1H3/t29-,30+,31-,32?,36-/m0/s1. The summed E-state index contributed by atoms with van der Waals surface area (Å²) in [5.74, 6) is -0.987. The first kappa shape index (κ1) is 29.6. The second-order valence-electron chi connectivity index (χ2n) is 12.0. The number of carbonyl (C=O) groups excluding carboxylic acids is 3. The third-order valence-electron chi connectivity index (χ3n) is 9.47. The first-order chi connectivity index (χ1) is 22.0. The average molecular weight is 624 g/mol. The first-order valence-electron chi connectivity index (χ1n) is 15.7. The van der Waals surface area contributed by atoms with E-state index < -0.39 is 22.6 Å². The molecule has 0 saturated carbocycles. The third kappa shape index (κ3) is 4.93. The Bertz CT molecular complexity index is 1690. The molecule has 4 aliphatic heterocycles. The van der Waals surface area contributed by atoms with Gasteiger partial charge in [-0.1, -0.05) is 54.6 Å². The molecule has 3 amide bonds. The maximum absolute atomic E-state index is 14.7. The van der Waals surface area contributed by atoms with Gasteiger partial charge >= 0.3 is 0 Å². The van der Waals surface area contributed by atoms with Crippen LogP contribution in [0, 0.1) is 11.8 Å². The van der Waals surface area contributed by atoms with Gasteiger partial charge in [0.1, 0.15) is 11.8 Å². The predicted octanol–water partition coefficient (Wildman–Crippen LogP) is 4.81. The molecule has 7 rings (SSSR count). The highest BCUT2D eigenvalue weighted by Crippen LogP contribution is 2.61. The van der Waals surface area contributed by atoms with Crippen molar-refractivity contribution in [2.24, 2.45) is 11.8 Å². The van der Waals surface area contributed by atoms with E-state index in [2.05, 4.69) is 6.08 Å². The van der Waals surface area contributed by atoms with Gasteiger partial charge in [0.05, 0.1) is 23.2 Å². The molecule has 2 fully saturated rings. The van der Waals surface area contributed by atoms with Gasteiger partial charge in [-0.25, -0.2) is 0 Å². The summed E-state index contributed by atoms with van der Waals surface area (Å²) in [7, 11) is 0. The summed E-state index contributed by atoms with van der Waals surface area (Å²) in [4.78, 5) is 48.9. The molecule has 232 valence electrons. The molecule has 2 saturated heterocycles. The van der Waals surface area contributed by atoms with Crippen LogP contribution in [0.25, 0.3) is 10.8 Å². The van der Waals surface area contributed by atoms with Gasteiger partial charge in [-0.05, 0) is 66.9 Å². The van der Waals surface area contributed by atoms with E-state index >= 15 is 0 Å². The van der Waals surface area contributed by atoms with Crippen LogP contribution in [0.1, 0.15) is 19.8 Å². The summed E-state index contributed by atoms with van der Waals surface area (Å²) in [5, 5.41) is 11.4. The van der Waals surface area contributed by atoms with Crippen LogP contribution in [0.4, 0.5) is 11.4 Å². The van der Waals surface area contributed by atoms with Gasteiger partial charge < -0.3 is 24.5 Å². The van der Waals surface area contributed by atoms with Gasteiger partial charge in [0, 0.05) is 42.9 Å². The van der Waals surface area contributed by atoms with E-state index in [1.54, 1.807) is 26.5 Å². The Morgan fingerprint density at radius 2 is 1.60 bits per heavy atom. The van der Waals surface area contributed by atoms with E-state index in [1.807, 2.05) is 91.9 Å². The highest BCUT2D eigenvalue weighted by Gasteiger charge is 2.71. The Balaban J connectivity index is 1.27. The lowest BCUT2D eigenvalue weighted by molar-refractivity contribution is -0.138. The lowest BCUT2D eigenvalue weighted by Gasteiger charge is -2.35. The fourth-order valence-corrected chi connectivity index (χ4v) is 9.48. The smallest absolute Gasteiger partial charge is 0.251 e. The van der Waals surface area contributed by atoms with Crippen LogP contribution < -0.4 is 14.5 Å². The fraction of sp³-hybridized carbons (Fsp3) is 0.361. The zero-order valence-electron chi connectivity index (χ0n) is 25.2. The van der Waals surface area contributed by atoms with E-state index in [9.17, 15) is 19.5 Å². The highest BCUT2D eigenvalue weighted by atomic mass is 32.2. The van der Waals surface area contributed by atoms with E-state index in [1.165, 1.54) is 0 Å². The number of likely N-dealkylation sites (tertiary alicyclic amines) is 1. The maximum atomic E-state index is 14.7. The normalized spacial score (nSPS) is 27.4. The Labute approximate surface area is 267 Å². The molecule has 0 radical (unpaired) electrons. The van der Waals surface area contributed by atoms with Crippen molar-refractivity contribution >= 4 is 51.6 Å². The number of anilines is 2.